The van der Waals surface area contributed by atoms with Crippen molar-refractivity contribution >= 4 is 34.7 Å². The molecule has 0 aliphatic carbocycles. The van der Waals surface area contributed by atoms with Crippen LogP contribution in [0.3, 0.4) is 0 Å². The Morgan fingerprint density at radius 3 is 2.76 bits per heavy atom. The lowest BCUT2D eigenvalue weighted by molar-refractivity contribution is -0.384. The molecule has 0 fully saturated rings. The zero-order valence-electron chi connectivity index (χ0n) is 11.2. The second-order valence-corrected chi connectivity index (χ2v) is 5.68. The molecule has 5 nitrogen and oxygen atoms in total. The Labute approximate surface area is 131 Å². The number of anilines is 1. The molecule has 0 unspecified atom stereocenters. The van der Waals surface area contributed by atoms with Crippen LogP contribution in [0.1, 0.15) is 5.56 Å². The molecule has 0 saturated carbocycles. The van der Waals surface area contributed by atoms with E-state index in [2.05, 4.69) is 0 Å². The van der Waals surface area contributed by atoms with Crippen LogP contribution in [0.25, 0.3) is 0 Å². The van der Waals surface area contributed by atoms with Crippen molar-refractivity contribution in [2.45, 2.75) is 10.6 Å². The molecule has 0 atom stereocenters. The fraction of sp³-hybridized carbons (Fsp3) is 0.143. The standard InChI is InChI=1S/C14H13ClN2O3S/c1-20-13-5-3-11(17(18)19)6-9(13)8-21-14-7-10(15)2-4-12(14)16/h2-7H,8,16H2,1H3. The van der Waals surface area contributed by atoms with Crippen molar-refractivity contribution < 1.29 is 9.66 Å². The second kappa shape index (κ2) is 6.69. The van der Waals surface area contributed by atoms with Crippen molar-refractivity contribution in [3.8, 4) is 5.75 Å². The summed E-state index contributed by atoms with van der Waals surface area (Å²) in [6.45, 7) is 0. The molecule has 7 heteroatoms. The van der Waals surface area contributed by atoms with E-state index in [1.165, 1.54) is 31.0 Å². The maximum absolute atomic E-state index is 10.8. The largest absolute Gasteiger partial charge is 0.496 e. The van der Waals surface area contributed by atoms with Gasteiger partial charge in [0.15, 0.2) is 0 Å². The number of non-ortho nitro benzene ring substituents is 1. The van der Waals surface area contributed by atoms with Gasteiger partial charge in [0.1, 0.15) is 5.75 Å². The lowest BCUT2D eigenvalue weighted by atomic mass is 10.2. The number of hydrogen-bond donors (Lipinski definition) is 1. The van der Waals surface area contributed by atoms with E-state index in [0.717, 1.165) is 10.5 Å². The minimum absolute atomic E-state index is 0.0328. The van der Waals surface area contributed by atoms with E-state index < -0.39 is 4.92 Å². The highest BCUT2D eigenvalue weighted by Crippen LogP contribution is 2.34. The summed E-state index contributed by atoms with van der Waals surface area (Å²) in [4.78, 5) is 11.2. The quantitative estimate of drug-likeness (QED) is 0.387. The van der Waals surface area contributed by atoms with Crippen molar-refractivity contribution in [1.82, 2.24) is 0 Å². The van der Waals surface area contributed by atoms with Crippen LogP contribution in [0.15, 0.2) is 41.3 Å². The van der Waals surface area contributed by atoms with Gasteiger partial charge in [-0.2, -0.15) is 0 Å². The van der Waals surface area contributed by atoms with E-state index >= 15 is 0 Å². The first-order valence-corrected chi connectivity index (χ1v) is 7.36. The molecule has 0 aliphatic heterocycles. The summed E-state index contributed by atoms with van der Waals surface area (Å²) >= 11 is 7.39. The van der Waals surface area contributed by atoms with Crippen LogP contribution in [-0.4, -0.2) is 12.0 Å². The molecule has 0 aliphatic rings. The molecule has 0 aromatic heterocycles. The number of benzene rings is 2. The van der Waals surface area contributed by atoms with E-state index in [9.17, 15) is 10.1 Å². The number of nitrogens with zero attached hydrogens (tertiary/aromatic N) is 1. The van der Waals surface area contributed by atoms with Gasteiger partial charge in [-0.15, -0.1) is 11.8 Å². The van der Waals surface area contributed by atoms with Gasteiger partial charge in [0.05, 0.1) is 12.0 Å². The molecular weight excluding hydrogens is 312 g/mol. The van der Waals surface area contributed by atoms with Gasteiger partial charge in [0.2, 0.25) is 0 Å². The highest BCUT2D eigenvalue weighted by atomic mass is 35.5. The van der Waals surface area contributed by atoms with Crippen molar-refractivity contribution in [3.63, 3.8) is 0 Å². The Hall–Kier alpha value is -1.92. The maximum Gasteiger partial charge on any atom is 0.270 e. The van der Waals surface area contributed by atoms with Crippen molar-refractivity contribution in [2.75, 3.05) is 12.8 Å². The fourth-order valence-electron chi connectivity index (χ4n) is 1.78. The van der Waals surface area contributed by atoms with Gasteiger partial charge in [-0.3, -0.25) is 10.1 Å². The normalized spacial score (nSPS) is 10.4. The lowest BCUT2D eigenvalue weighted by Crippen LogP contribution is -1.95. The number of halogens is 1. The first-order valence-electron chi connectivity index (χ1n) is 6.00. The molecule has 21 heavy (non-hydrogen) atoms. The molecular formula is C14H13ClN2O3S. The SMILES string of the molecule is COc1ccc([N+](=O)[O-])cc1CSc1cc(Cl)ccc1N. The monoisotopic (exact) mass is 324 g/mol. The van der Waals surface area contributed by atoms with Crippen molar-refractivity contribution in [3.05, 3.63) is 57.1 Å². The zero-order chi connectivity index (χ0) is 15.4. The highest BCUT2D eigenvalue weighted by Gasteiger charge is 2.12. The van der Waals surface area contributed by atoms with E-state index in [1.54, 1.807) is 24.3 Å². The number of methoxy groups -OCH3 is 1. The number of rotatable bonds is 5. The number of thioether (sulfide) groups is 1. The number of nitro groups is 1. The Balaban J connectivity index is 2.24. The molecule has 2 aromatic rings. The Morgan fingerprint density at radius 1 is 1.33 bits per heavy atom. The third-order valence-corrected chi connectivity index (χ3v) is 4.19. The Bertz CT molecular complexity index is 679. The third-order valence-electron chi connectivity index (χ3n) is 2.83. The first-order chi connectivity index (χ1) is 10.0. The van der Waals surface area contributed by atoms with Gasteiger partial charge in [-0.1, -0.05) is 11.6 Å². The predicted octanol–water partition coefficient (Wildman–Crippen LogP) is 4.13. The lowest BCUT2D eigenvalue weighted by Gasteiger charge is -2.09. The van der Waals surface area contributed by atoms with Gasteiger partial charge in [-0.25, -0.2) is 0 Å². The highest BCUT2D eigenvalue weighted by molar-refractivity contribution is 7.98. The summed E-state index contributed by atoms with van der Waals surface area (Å²) in [6, 6.07) is 9.73. The van der Waals surface area contributed by atoms with Crippen LogP contribution in [0.4, 0.5) is 11.4 Å². The Kier molecular flexibility index (Phi) is 4.93. The first kappa shape index (κ1) is 15.5. The molecule has 110 valence electrons. The minimum Gasteiger partial charge on any atom is -0.496 e. The molecule has 2 aromatic carbocycles. The van der Waals surface area contributed by atoms with E-state index in [-0.39, 0.29) is 5.69 Å². The number of nitro benzene ring substituents is 1. The third kappa shape index (κ3) is 3.80. The molecule has 0 spiro atoms. The number of nitrogen functional groups attached to an aromatic ring is 1. The van der Waals surface area contributed by atoms with Crippen LogP contribution in [0, 0.1) is 10.1 Å². The average Bonchev–Trinajstić information content (AvgIpc) is 2.47. The summed E-state index contributed by atoms with van der Waals surface area (Å²) in [5.41, 5.74) is 7.27. The predicted molar refractivity (Wildman–Crippen MR) is 85.1 cm³/mol. The Morgan fingerprint density at radius 2 is 2.10 bits per heavy atom. The van der Waals surface area contributed by atoms with E-state index in [0.29, 0.717) is 22.2 Å². The summed E-state index contributed by atoms with van der Waals surface area (Å²) in [7, 11) is 1.53. The summed E-state index contributed by atoms with van der Waals surface area (Å²) in [5, 5.41) is 11.4. The van der Waals surface area contributed by atoms with Gasteiger partial charge in [0, 0.05) is 39.1 Å². The van der Waals surface area contributed by atoms with E-state index in [1.807, 2.05) is 0 Å². The number of ether oxygens (including phenoxy) is 1. The van der Waals surface area contributed by atoms with Crippen LogP contribution in [-0.2, 0) is 5.75 Å². The van der Waals surface area contributed by atoms with Gasteiger partial charge < -0.3 is 10.5 Å². The molecule has 0 radical (unpaired) electrons. The number of hydrogen-bond acceptors (Lipinski definition) is 5. The topological polar surface area (TPSA) is 78.4 Å². The zero-order valence-corrected chi connectivity index (χ0v) is 12.8. The smallest absolute Gasteiger partial charge is 0.270 e. The second-order valence-electron chi connectivity index (χ2n) is 4.22. The summed E-state index contributed by atoms with van der Waals surface area (Å²) in [6.07, 6.45) is 0. The van der Waals surface area contributed by atoms with Crippen molar-refractivity contribution in [2.24, 2.45) is 0 Å². The minimum atomic E-state index is -0.429. The van der Waals surface area contributed by atoms with Crippen molar-refractivity contribution in [1.29, 1.82) is 0 Å². The molecule has 0 amide bonds. The van der Waals surface area contributed by atoms with E-state index in [4.69, 9.17) is 22.1 Å². The van der Waals surface area contributed by atoms with Gasteiger partial charge in [0.25, 0.3) is 5.69 Å². The van der Waals surface area contributed by atoms with Gasteiger partial charge in [-0.05, 0) is 24.3 Å². The molecule has 2 N–H and O–H groups in total. The molecule has 2 rings (SSSR count). The maximum atomic E-state index is 10.8. The number of nitrogens with two attached hydrogens (primary N) is 1. The van der Waals surface area contributed by atoms with Crippen LogP contribution >= 0.6 is 23.4 Å². The molecule has 0 heterocycles. The van der Waals surface area contributed by atoms with Crippen LogP contribution in [0.5, 0.6) is 5.75 Å². The summed E-state index contributed by atoms with van der Waals surface area (Å²) in [5.74, 6) is 1.10. The molecule has 0 bridgehead atoms. The van der Waals surface area contributed by atoms with Crippen LogP contribution < -0.4 is 10.5 Å². The summed E-state index contributed by atoms with van der Waals surface area (Å²) < 4.78 is 5.23. The molecule has 0 saturated heterocycles. The van der Waals surface area contributed by atoms with Gasteiger partial charge >= 0.3 is 0 Å². The van der Waals surface area contributed by atoms with Crippen LogP contribution in [0.2, 0.25) is 5.02 Å². The fourth-order valence-corrected chi connectivity index (χ4v) is 3.00. The average molecular weight is 325 g/mol.